The van der Waals surface area contributed by atoms with Crippen molar-refractivity contribution in [3.63, 3.8) is 0 Å². The lowest BCUT2D eigenvalue weighted by molar-refractivity contribution is -0.166. The lowest BCUT2D eigenvalue weighted by Gasteiger charge is -2.36. The molecule has 1 aliphatic carbocycles. The van der Waals surface area contributed by atoms with Crippen LogP contribution in [0.3, 0.4) is 0 Å². The van der Waals surface area contributed by atoms with E-state index in [9.17, 15) is 19.2 Å². The van der Waals surface area contributed by atoms with Gasteiger partial charge in [-0.05, 0) is 56.2 Å². The monoisotopic (exact) mass is 479 g/mol. The van der Waals surface area contributed by atoms with Crippen molar-refractivity contribution >= 4 is 23.6 Å². The molecule has 0 bridgehead atoms. The molecule has 186 valence electrons. The third-order valence-corrected chi connectivity index (χ3v) is 6.48. The number of carbonyl (C=O) groups is 4. The van der Waals surface area contributed by atoms with E-state index in [1.165, 1.54) is 0 Å². The molecule has 2 N–H and O–H groups in total. The Morgan fingerprint density at radius 1 is 0.857 bits per heavy atom. The van der Waals surface area contributed by atoms with Gasteiger partial charge in [0.15, 0.2) is 5.78 Å². The van der Waals surface area contributed by atoms with Gasteiger partial charge in [0.2, 0.25) is 0 Å². The van der Waals surface area contributed by atoms with Crippen molar-refractivity contribution in [3.8, 4) is 0 Å². The molecule has 1 saturated carbocycles. The Labute approximate surface area is 205 Å². The maximum atomic E-state index is 13.1. The molecule has 2 aromatic carbocycles. The van der Waals surface area contributed by atoms with Crippen molar-refractivity contribution in [2.45, 2.75) is 75.9 Å². The van der Waals surface area contributed by atoms with E-state index in [0.29, 0.717) is 24.8 Å². The van der Waals surface area contributed by atoms with Crippen molar-refractivity contribution in [1.82, 2.24) is 5.32 Å². The van der Waals surface area contributed by atoms with Crippen molar-refractivity contribution < 1.29 is 29.0 Å². The Morgan fingerprint density at radius 3 is 2.11 bits per heavy atom. The molecule has 1 aliphatic rings. The lowest BCUT2D eigenvalue weighted by atomic mass is 9.81. The molecule has 3 rings (SSSR count). The van der Waals surface area contributed by atoms with Gasteiger partial charge >= 0.3 is 11.9 Å². The Hall–Kier alpha value is -3.48. The highest BCUT2D eigenvalue weighted by molar-refractivity contribution is 5.98. The zero-order valence-corrected chi connectivity index (χ0v) is 19.9. The quantitative estimate of drug-likeness (QED) is 0.434. The summed E-state index contributed by atoms with van der Waals surface area (Å²) in [5.41, 5.74) is 0.592. The second-order valence-corrected chi connectivity index (χ2v) is 9.16. The van der Waals surface area contributed by atoms with Crippen LogP contribution >= 0.6 is 0 Å². The normalized spacial score (nSPS) is 15.5. The van der Waals surface area contributed by atoms with E-state index in [1.807, 2.05) is 36.4 Å². The molecular weight excluding hydrogens is 446 g/mol. The molecule has 0 aliphatic heterocycles. The average Bonchev–Trinajstić information content (AvgIpc) is 2.87. The van der Waals surface area contributed by atoms with Crippen LogP contribution in [0.25, 0.3) is 0 Å². The zero-order valence-electron chi connectivity index (χ0n) is 19.9. The minimum atomic E-state index is -0.918. The average molecular weight is 480 g/mol. The minimum Gasteiger partial charge on any atom is -0.481 e. The number of carboxylic acid groups (broad SMARTS) is 1. The summed E-state index contributed by atoms with van der Waals surface area (Å²) in [7, 11) is 0. The van der Waals surface area contributed by atoms with Crippen LogP contribution in [0, 0.1) is 0 Å². The Kier molecular flexibility index (Phi) is 9.58. The van der Waals surface area contributed by atoms with Crippen LogP contribution in [0.5, 0.6) is 0 Å². The standard InChI is InChI=1S/C28H33NO6/c30-24(14-15-26(33)35-28(19-16-25(31)32)17-8-3-9-18-28)23(20-21-10-4-1-5-11-21)29-27(34)22-12-6-2-7-13-22/h1-2,4-7,10-13,23H,3,8-9,14-20H2,(H,29,34)(H,31,32)/t23-/m0/s1. The van der Waals surface area contributed by atoms with Gasteiger partial charge in [0, 0.05) is 18.4 Å². The highest BCUT2D eigenvalue weighted by atomic mass is 16.6. The predicted molar refractivity (Wildman–Crippen MR) is 131 cm³/mol. The Bertz CT molecular complexity index is 999. The van der Waals surface area contributed by atoms with E-state index >= 15 is 0 Å². The van der Waals surface area contributed by atoms with Crippen molar-refractivity contribution in [2.75, 3.05) is 0 Å². The first kappa shape index (κ1) is 26.1. The second kappa shape index (κ2) is 12.8. The first-order chi connectivity index (χ1) is 16.9. The van der Waals surface area contributed by atoms with E-state index in [2.05, 4.69) is 5.32 Å². The number of hydrogen-bond acceptors (Lipinski definition) is 5. The largest absolute Gasteiger partial charge is 0.481 e. The first-order valence-electron chi connectivity index (χ1n) is 12.2. The van der Waals surface area contributed by atoms with Gasteiger partial charge < -0.3 is 15.2 Å². The number of benzene rings is 2. The zero-order chi connectivity index (χ0) is 25.1. The number of rotatable bonds is 12. The van der Waals surface area contributed by atoms with Crippen LogP contribution < -0.4 is 5.32 Å². The van der Waals surface area contributed by atoms with Crippen LogP contribution in [0.4, 0.5) is 0 Å². The van der Waals surface area contributed by atoms with Gasteiger partial charge in [0.05, 0.1) is 12.5 Å². The van der Waals surface area contributed by atoms with Crippen LogP contribution in [0.15, 0.2) is 60.7 Å². The highest BCUT2D eigenvalue weighted by Gasteiger charge is 2.36. The second-order valence-electron chi connectivity index (χ2n) is 9.16. The van der Waals surface area contributed by atoms with Crippen LogP contribution in [0.1, 0.15) is 73.7 Å². The van der Waals surface area contributed by atoms with Crippen LogP contribution in [-0.4, -0.2) is 40.4 Å². The van der Waals surface area contributed by atoms with E-state index in [-0.39, 0.29) is 37.4 Å². The van der Waals surface area contributed by atoms with E-state index in [0.717, 1.165) is 24.8 Å². The molecule has 7 nitrogen and oxygen atoms in total. The SMILES string of the molecule is O=C(O)CCC1(OC(=O)CCC(=O)[C@H](Cc2ccccc2)NC(=O)c2ccccc2)CCCCC1. The maximum Gasteiger partial charge on any atom is 0.306 e. The molecule has 0 unspecified atom stereocenters. The smallest absolute Gasteiger partial charge is 0.306 e. The van der Waals surface area contributed by atoms with Gasteiger partial charge in [-0.2, -0.15) is 0 Å². The lowest BCUT2D eigenvalue weighted by Crippen LogP contribution is -2.43. The summed E-state index contributed by atoms with van der Waals surface area (Å²) in [5, 5.41) is 11.9. The summed E-state index contributed by atoms with van der Waals surface area (Å²) >= 11 is 0. The minimum absolute atomic E-state index is 0.0587. The number of nitrogens with one attached hydrogen (secondary N) is 1. The van der Waals surface area contributed by atoms with E-state index in [1.54, 1.807) is 24.3 Å². The number of ether oxygens (including phenoxy) is 1. The maximum absolute atomic E-state index is 13.1. The van der Waals surface area contributed by atoms with Gasteiger partial charge in [-0.25, -0.2) is 0 Å². The van der Waals surface area contributed by atoms with Gasteiger partial charge in [-0.1, -0.05) is 55.0 Å². The summed E-state index contributed by atoms with van der Waals surface area (Å²) < 4.78 is 5.79. The molecule has 7 heteroatoms. The van der Waals surface area contributed by atoms with Crippen LogP contribution in [0.2, 0.25) is 0 Å². The molecule has 2 aromatic rings. The number of ketones is 1. The molecule has 0 heterocycles. The summed E-state index contributed by atoms with van der Waals surface area (Å²) in [4.78, 5) is 49.6. The number of carbonyl (C=O) groups excluding carboxylic acids is 3. The van der Waals surface area contributed by atoms with Gasteiger partial charge in [-0.3, -0.25) is 19.2 Å². The number of carboxylic acids is 1. The molecule has 1 amide bonds. The molecule has 0 spiro atoms. The van der Waals surface area contributed by atoms with Crippen molar-refractivity contribution in [2.24, 2.45) is 0 Å². The summed E-state index contributed by atoms with van der Waals surface area (Å²) in [6, 6.07) is 17.3. The number of esters is 1. The fraction of sp³-hybridized carbons (Fsp3) is 0.429. The first-order valence-corrected chi connectivity index (χ1v) is 12.2. The number of aliphatic carboxylic acids is 1. The third kappa shape index (κ3) is 8.35. The highest BCUT2D eigenvalue weighted by Crippen LogP contribution is 2.36. The third-order valence-electron chi connectivity index (χ3n) is 6.48. The molecule has 1 atom stereocenters. The van der Waals surface area contributed by atoms with E-state index in [4.69, 9.17) is 9.84 Å². The Morgan fingerprint density at radius 2 is 1.49 bits per heavy atom. The number of hydrogen-bond donors (Lipinski definition) is 2. The topological polar surface area (TPSA) is 110 Å². The van der Waals surface area contributed by atoms with Crippen molar-refractivity contribution in [3.05, 3.63) is 71.8 Å². The molecular formula is C28H33NO6. The number of amides is 1. The fourth-order valence-corrected chi connectivity index (χ4v) is 4.55. The molecule has 1 fully saturated rings. The van der Waals surface area contributed by atoms with E-state index < -0.39 is 23.6 Å². The van der Waals surface area contributed by atoms with Gasteiger partial charge in [0.1, 0.15) is 5.60 Å². The van der Waals surface area contributed by atoms with Crippen LogP contribution in [-0.2, 0) is 25.5 Å². The number of Topliss-reactive ketones (excluding diaryl/α,β-unsaturated/α-hetero) is 1. The Balaban J connectivity index is 1.62. The van der Waals surface area contributed by atoms with Gasteiger partial charge in [-0.15, -0.1) is 0 Å². The fourth-order valence-electron chi connectivity index (χ4n) is 4.55. The summed E-state index contributed by atoms with van der Waals surface area (Å²) in [5.74, 6) is -2.02. The van der Waals surface area contributed by atoms with Crippen molar-refractivity contribution in [1.29, 1.82) is 0 Å². The molecule has 0 aromatic heterocycles. The summed E-state index contributed by atoms with van der Waals surface area (Å²) in [6.45, 7) is 0. The molecule has 35 heavy (non-hydrogen) atoms. The predicted octanol–water partition coefficient (Wildman–Crippen LogP) is 4.49. The molecule has 0 radical (unpaired) electrons. The summed E-state index contributed by atoms with van der Waals surface area (Å²) in [6.07, 6.45) is 4.45. The van der Waals surface area contributed by atoms with Gasteiger partial charge in [0.25, 0.3) is 5.91 Å². The molecule has 0 saturated heterocycles.